The first-order valence-electron chi connectivity index (χ1n) is 3.52. The molecule has 2 atom stereocenters. The lowest BCUT2D eigenvalue weighted by Gasteiger charge is -2.20. The van der Waals surface area contributed by atoms with Gasteiger partial charge in [-0.15, -0.1) is 0 Å². The summed E-state index contributed by atoms with van der Waals surface area (Å²) in [7, 11) is 0. The molecule has 66 valence electrons. The van der Waals surface area contributed by atoms with Crippen LogP contribution in [-0.2, 0) is 4.79 Å². The predicted molar refractivity (Wildman–Crippen MR) is 39.1 cm³/mol. The molecule has 0 aromatic rings. The summed E-state index contributed by atoms with van der Waals surface area (Å²) in [5.41, 5.74) is 0. The second-order valence-electron chi connectivity index (χ2n) is 2.86. The third kappa shape index (κ3) is 2.86. The Labute approximate surface area is 65.5 Å². The van der Waals surface area contributed by atoms with Gasteiger partial charge < -0.3 is 15.3 Å². The van der Waals surface area contributed by atoms with Crippen molar-refractivity contribution in [3.05, 3.63) is 0 Å². The number of hydrogen-bond acceptors (Lipinski definition) is 3. The molecule has 0 aromatic heterocycles. The first-order valence-corrected chi connectivity index (χ1v) is 3.52. The van der Waals surface area contributed by atoms with Gasteiger partial charge in [0.1, 0.15) is 0 Å². The summed E-state index contributed by atoms with van der Waals surface area (Å²) in [4.78, 5) is 10.5. The molecule has 3 N–H and O–H groups in total. The molecule has 0 amide bonds. The smallest absolute Gasteiger partial charge is 0.309 e. The molecule has 4 nitrogen and oxygen atoms in total. The molecule has 0 rings (SSSR count). The minimum absolute atomic E-state index is 0.172. The van der Waals surface area contributed by atoms with Gasteiger partial charge in [-0.3, -0.25) is 4.79 Å². The van der Waals surface area contributed by atoms with Crippen LogP contribution in [-0.4, -0.2) is 34.0 Å². The van der Waals surface area contributed by atoms with Crippen molar-refractivity contribution in [2.24, 2.45) is 11.8 Å². The molecule has 0 bridgehead atoms. The van der Waals surface area contributed by atoms with Gasteiger partial charge in [-0.05, 0) is 5.92 Å². The van der Waals surface area contributed by atoms with E-state index < -0.39 is 24.6 Å². The maximum absolute atomic E-state index is 10.5. The highest BCUT2D eigenvalue weighted by molar-refractivity contribution is 5.71. The van der Waals surface area contributed by atoms with E-state index in [1.165, 1.54) is 0 Å². The Morgan fingerprint density at radius 1 is 1.45 bits per heavy atom. The normalized spacial score (nSPS) is 16.5. The maximum Gasteiger partial charge on any atom is 0.309 e. The molecule has 4 heteroatoms. The molecule has 0 saturated heterocycles. The molecule has 0 radical (unpaired) electrons. The number of hydrogen-bond donors (Lipinski definition) is 3. The van der Waals surface area contributed by atoms with Crippen LogP contribution in [0, 0.1) is 11.8 Å². The van der Waals surface area contributed by atoms with Gasteiger partial charge in [0.15, 0.2) is 0 Å². The molecule has 2 unspecified atom stereocenters. The van der Waals surface area contributed by atoms with Crippen molar-refractivity contribution >= 4 is 5.97 Å². The Morgan fingerprint density at radius 3 is 2.00 bits per heavy atom. The molecule has 0 fully saturated rings. The molecule has 0 aliphatic heterocycles. The van der Waals surface area contributed by atoms with Gasteiger partial charge in [0.25, 0.3) is 0 Å². The average Bonchev–Trinajstić information content (AvgIpc) is 1.85. The van der Waals surface area contributed by atoms with E-state index in [1.807, 2.05) is 0 Å². The summed E-state index contributed by atoms with van der Waals surface area (Å²) in [5.74, 6) is -2.11. The zero-order chi connectivity index (χ0) is 9.02. The standard InChI is InChI=1S/C7H14O4/c1-4(2)6(7(10)11)5(9)3-8/h4-6,8-9H,3H2,1-2H3,(H,10,11). The van der Waals surface area contributed by atoms with Crippen LogP contribution in [0.15, 0.2) is 0 Å². The molecule has 0 aromatic carbocycles. The van der Waals surface area contributed by atoms with E-state index in [0.29, 0.717) is 0 Å². The van der Waals surface area contributed by atoms with Crippen molar-refractivity contribution in [3.8, 4) is 0 Å². The van der Waals surface area contributed by atoms with Gasteiger partial charge in [-0.1, -0.05) is 13.8 Å². The third-order valence-electron chi connectivity index (χ3n) is 1.60. The molecule has 11 heavy (non-hydrogen) atoms. The summed E-state index contributed by atoms with van der Waals surface area (Å²) in [6.07, 6.45) is -1.16. The minimum Gasteiger partial charge on any atom is -0.481 e. The topological polar surface area (TPSA) is 77.8 Å². The van der Waals surface area contributed by atoms with Crippen LogP contribution in [0.25, 0.3) is 0 Å². The van der Waals surface area contributed by atoms with E-state index in [0.717, 1.165) is 0 Å². The Hall–Kier alpha value is -0.610. The lowest BCUT2D eigenvalue weighted by Crippen LogP contribution is -2.34. The fraction of sp³-hybridized carbons (Fsp3) is 0.857. The van der Waals surface area contributed by atoms with E-state index >= 15 is 0 Å². The zero-order valence-corrected chi connectivity index (χ0v) is 6.69. The highest BCUT2D eigenvalue weighted by Gasteiger charge is 2.28. The largest absolute Gasteiger partial charge is 0.481 e. The quantitative estimate of drug-likeness (QED) is 0.530. The number of carbonyl (C=O) groups is 1. The van der Waals surface area contributed by atoms with Gasteiger partial charge in [0, 0.05) is 0 Å². The number of aliphatic carboxylic acids is 1. The van der Waals surface area contributed by atoms with Gasteiger partial charge in [-0.2, -0.15) is 0 Å². The van der Waals surface area contributed by atoms with Gasteiger partial charge >= 0.3 is 5.97 Å². The third-order valence-corrected chi connectivity index (χ3v) is 1.60. The number of rotatable bonds is 4. The molecule has 0 heterocycles. The summed E-state index contributed by atoms with van der Waals surface area (Å²) >= 11 is 0. The van der Waals surface area contributed by atoms with Crippen LogP contribution in [0.5, 0.6) is 0 Å². The fourth-order valence-corrected chi connectivity index (χ4v) is 1.01. The van der Waals surface area contributed by atoms with E-state index in [4.69, 9.17) is 15.3 Å². The van der Waals surface area contributed by atoms with Gasteiger partial charge in [0.2, 0.25) is 0 Å². The Bertz CT molecular complexity index is 132. The minimum atomic E-state index is -1.16. The molecule has 0 aliphatic rings. The Balaban J connectivity index is 4.21. The fourth-order valence-electron chi connectivity index (χ4n) is 1.01. The van der Waals surface area contributed by atoms with E-state index in [-0.39, 0.29) is 5.92 Å². The van der Waals surface area contributed by atoms with E-state index in [9.17, 15) is 4.79 Å². The Morgan fingerprint density at radius 2 is 1.91 bits per heavy atom. The zero-order valence-electron chi connectivity index (χ0n) is 6.69. The molecular formula is C7H14O4. The van der Waals surface area contributed by atoms with E-state index in [1.54, 1.807) is 13.8 Å². The second-order valence-corrected chi connectivity index (χ2v) is 2.86. The number of aliphatic hydroxyl groups excluding tert-OH is 2. The summed E-state index contributed by atoms with van der Waals surface area (Å²) in [6, 6.07) is 0. The van der Waals surface area contributed by atoms with Gasteiger partial charge in [0.05, 0.1) is 18.6 Å². The van der Waals surface area contributed by atoms with Crippen molar-refractivity contribution in [2.45, 2.75) is 20.0 Å². The van der Waals surface area contributed by atoms with Crippen molar-refractivity contribution in [1.82, 2.24) is 0 Å². The summed E-state index contributed by atoms with van der Waals surface area (Å²) in [5, 5.41) is 26.1. The molecule has 0 spiro atoms. The molecular weight excluding hydrogens is 148 g/mol. The summed E-state index contributed by atoms with van der Waals surface area (Å²) < 4.78 is 0. The van der Waals surface area contributed by atoms with Crippen molar-refractivity contribution in [1.29, 1.82) is 0 Å². The maximum atomic E-state index is 10.5. The molecule has 0 aliphatic carbocycles. The van der Waals surface area contributed by atoms with Crippen LogP contribution in [0.2, 0.25) is 0 Å². The van der Waals surface area contributed by atoms with Crippen LogP contribution < -0.4 is 0 Å². The second kappa shape index (κ2) is 4.31. The van der Waals surface area contributed by atoms with E-state index in [2.05, 4.69) is 0 Å². The van der Waals surface area contributed by atoms with Crippen molar-refractivity contribution in [2.75, 3.05) is 6.61 Å². The molecule has 0 saturated carbocycles. The SMILES string of the molecule is CC(C)C(C(=O)O)C(O)CO. The van der Waals surface area contributed by atoms with Crippen LogP contribution >= 0.6 is 0 Å². The monoisotopic (exact) mass is 162 g/mol. The highest BCUT2D eigenvalue weighted by Crippen LogP contribution is 2.15. The average molecular weight is 162 g/mol. The van der Waals surface area contributed by atoms with Gasteiger partial charge in [-0.25, -0.2) is 0 Å². The predicted octanol–water partition coefficient (Wildman–Crippen LogP) is -0.304. The number of aliphatic hydroxyl groups is 2. The summed E-state index contributed by atoms with van der Waals surface area (Å²) in [6.45, 7) is 2.88. The van der Waals surface area contributed by atoms with Crippen LogP contribution in [0.3, 0.4) is 0 Å². The first kappa shape index (κ1) is 10.4. The van der Waals surface area contributed by atoms with Crippen LogP contribution in [0.4, 0.5) is 0 Å². The lowest BCUT2D eigenvalue weighted by atomic mass is 9.91. The number of carboxylic acids is 1. The Kier molecular flexibility index (Phi) is 4.07. The first-order chi connectivity index (χ1) is 5.00. The lowest BCUT2D eigenvalue weighted by molar-refractivity contribution is -0.149. The van der Waals surface area contributed by atoms with Crippen molar-refractivity contribution in [3.63, 3.8) is 0 Å². The van der Waals surface area contributed by atoms with Crippen LogP contribution in [0.1, 0.15) is 13.8 Å². The highest BCUT2D eigenvalue weighted by atomic mass is 16.4. The number of carboxylic acid groups (broad SMARTS) is 1. The van der Waals surface area contributed by atoms with Crippen molar-refractivity contribution < 1.29 is 20.1 Å².